The van der Waals surface area contributed by atoms with Gasteiger partial charge in [0.15, 0.2) is 0 Å². The van der Waals surface area contributed by atoms with Gasteiger partial charge in [0.05, 0.1) is 15.6 Å². The van der Waals surface area contributed by atoms with Gasteiger partial charge in [0.2, 0.25) is 0 Å². The third kappa shape index (κ3) is 2.83. The fourth-order valence-electron chi connectivity index (χ4n) is 1.72. The molecule has 0 aromatic heterocycles. The first-order valence-corrected chi connectivity index (χ1v) is 6.34. The van der Waals surface area contributed by atoms with Crippen molar-refractivity contribution < 1.29 is 4.79 Å². The van der Waals surface area contributed by atoms with Crippen LogP contribution >= 0.6 is 23.2 Å². The van der Waals surface area contributed by atoms with Gasteiger partial charge < -0.3 is 10.6 Å². The summed E-state index contributed by atoms with van der Waals surface area (Å²) >= 11 is 12.0. The SMILES string of the molecule is CN(C(=O)c1cc(N)cc(Cl)c1Cl)c1ccccc1. The van der Waals surface area contributed by atoms with Gasteiger partial charge in [-0.25, -0.2) is 0 Å². The second-order valence-corrected chi connectivity index (χ2v) is 4.85. The van der Waals surface area contributed by atoms with Gasteiger partial charge in [0.25, 0.3) is 5.91 Å². The van der Waals surface area contributed by atoms with E-state index in [2.05, 4.69) is 0 Å². The molecule has 0 heterocycles. The third-order valence-electron chi connectivity index (χ3n) is 2.73. The number of nitrogens with two attached hydrogens (primary N) is 1. The molecule has 0 bridgehead atoms. The standard InChI is InChI=1S/C14H12Cl2N2O/c1-18(10-5-3-2-4-6-10)14(19)11-7-9(17)8-12(15)13(11)16/h2-8H,17H2,1H3. The Balaban J connectivity index is 2.40. The van der Waals surface area contributed by atoms with E-state index in [0.29, 0.717) is 5.69 Å². The molecular weight excluding hydrogens is 283 g/mol. The number of hydrogen-bond acceptors (Lipinski definition) is 2. The molecule has 0 aliphatic heterocycles. The fourth-order valence-corrected chi connectivity index (χ4v) is 2.13. The maximum Gasteiger partial charge on any atom is 0.259 e. The second kappa shape index (κ2) is 5.51. The van der Waals surface area contributed by atoms with Crippen molar-refractivity contribution in [2.24, 2.45) is 0 Å². The summed E-state index contributed by atoms with van der Waals surface area (Å²) in [4.78, 5) is 13.9. The van der Waals surface area contributed by atoms with Crippen molar-refractivity contribution in [2.45, 2.75) is 0 Å². The number of rotatable bonds is 2. The molecule has 3 nitrogen and oxygen atoms in total. The largest absolute Gasteiger partial charge is 0.399 e. The van der Waals surface area contributed by atoms with Gasteiger partial charge in [-0.15, -0.1) is 0 Å². The average Bonchev–Trinajstić information content (AvgIpc) is 2.42. The molecule has 0 saturated heterocycles. The van der Waals surface area contributed by atoms with E-state index in [0.717, 1.165) is 5.69 Å². The summed E-state index contributed by atoms with van der Waals surface area (Å²) in [6, 6.07) is 12.3. The van der Waals surface area contributed by atoms with Crippen LogP contribution in [0.1, 0.15) is 10.4 Å². The molecule has 0 spiro atoms. The van der Waals surface area contributed by atoms with E-state index in [9.17, 15) is 4.79 Å². The molecule has 0 aliphatic carbocycles. The van der Waals surface area contributed by atoms with Crippen molar-refractivity contribution in [1.29, 1.82) is 0 Å². The highest BCUT2D eigenvalue weighted by atomic mass is 35.5. The zero-order chi connectivity index (χ0) is 14.0. The smallest absolute Gasteiger partial charge is 0.259 e. The quantitative estimate of drug-likeness (QED) is 0.855. The van der Waals surface area contributed by atoms with Crippen molar-refractivity contribution in [3.05, 3.63) is 58.1 Å². The molecule has 0 saturated carbocycles. The number of benzene rings is 2. The van der Waals surface area contributed by atoms with Crippen LogP contribution in [0.15, 0.2) is 42.5 Å². The molecule has 5 heteroatoms. The van der Waals surface area contributed by atoms with E-state index in [1.54, 1.807) is 7.05 Å². The van der Waals surface area contributed by atoms with Crippen LogP contribution in [0.3, 0.4) is 0 Å². The van der Waals surface area contributed by atoms with Crippen LogP contribution in [-0.4, -0.2) is 13.0 Å². The Labute approximate surface area is 121 Å². The van der Waals surface area contributed by atoms with E-state index in [4.69, 9.17) is 28.9 Å². The Morgan fingerprint density at radius 2 is 1.79 bits per heavy atom. The molecule has 0 radical (unpaired) electrons. The van der Waals surface area contributed by atoms with Crippen LogP contribution in [0.25, 0.3) is 0 Å². The van der Waals surface area contributed by atoms with Crippen molar-refractivity contribution in [3.63, 3.8) is 0 Å². The van der Waals surface area contributed by atoms with E-state index in [1.807, 2.05) is 30.3 Å². The van der Waals surface area contributed by atoms with Gasteiger partial charge in [-0.3, -0.25) is 4.79 Å². The number of halogens is 2. The highest BCUT2D eigenvalue weighted by molar-refractivity contribution is 6.44. The number of carbonyl (C=O) groups is 1. The minimum atomic E-state index is -0.259. The van der Waals surface area contributed by atoms with Gasteiger partial charge in [-0.2, -0.15) is 0 Å². The van der Waals surface area contributed by atoms with Crippen LogP contribution in [0.4, 0.5) is 11.4 Å². The van der Waals surface area contributed by atoms with E-state index < -0.39 is 0 Å². The molecule has 1 amide bonds. The number of nitrogen functional groups attached to an aromatic ring is 1. The van der Waals surface area contributed by atoms with Crippen molar-refractivity contribution in [2.75, 3.05) is 17.7 Å². The normalized spacial score (nSPS) is 10.3. The van der Waals surface area contributed by atoms with Crippen LogP contribution in [-0.2, 0) is 0 Å². The molecule has 19 heavy (non-hydrogen) atoms. The Hall–Kier alpha value is -1.71. The number of nitrogens with zero attached hydrogens (tertiary/aromatic N) is 1. The summed E-state index contributed by atoms with van der Waals surface area (Å²) < 4.78 is 0. The fraction of sp³-hybridized carbons (Fsp3) is 0.0714. The molecule has 98 valence electrons. The first-order valence-electron chi connectivity index (χ1n) is 5.58. The van der Waals surface area contributed by atoms with E-state index >= 15 is 0 Å². The van der Waals surface area contributed by atoms with Gasteiger partial charge in [-0.1, -0.05) is 41.4 Å². The van der Waals surface area contributed by atoms with Gasteiger partial charge >= 0.3 is 0 Å². The van der Waals surface area contributed by atoms with Crippen LogP contribution in [0.5, 0.6) is 0 Å². The van der Waals surface area contributed by atoms with E-state index in [1.165, 1.54) is 17.0 Å². The highest BCUT2D eigenvalue weighted by Crippen LogP contribution is 2.30. The lowest BCUT2D eigenvalue weighted by Crippen LogP contribution is -2.26. The molecular formula is C14H12Cl2N2O. The second-order valence-electron chi connectivity index (χ2n) is 4.06. The molecule has 0 unspecified atom stereocenters. The van der Waals surface area contributed by atoms with Crippen LogP contribution < -0.4 is 10.6 Å². The Morgan fingerprint density at radius 1 is 1.16 bits per heavy atom. The Morgan fingerprint density at radius 3 is 2.42 bits per heavy atom. The number of amides is 1. The lowest BCUT2D eigenvalue weighted by Gasteiger charge is -2.18. The minimum Gasteiger partial charge on any atom is -0.399 e. The first-order chi connectivity index (χ1) is 9.00. The van der Waals surface area contributed by atoms with Crippen LogP contribution in [0, 0.1) is 0 Å². The van der Waals surface area contributed by atoms with E-state index in [-0.39, 0.29) is 21.5 Å². The third-order valence-corrected chi connectivity index (χ3v) is 3.53. The van der Waals surface area contributed by atoms with Crippen molar-refractivity contribution in [1.82, 2.24) is 0 Å². The molecule has 0 aliphatic rings. The summed E-state index contributed by atoms with van der Waals surface area (Å²) in [7, 11) is 1.67. The summed E-state index contributed by atoms with van der Waals surface area (Å²) in [6.07, 6.45) is 0. The number of hydrogen-bond donors (Lipinski definition) is 1. The zero-order valence-electron chi connectivity index (χ0n) is 10.2. The topological polar surface area (TPSA) is 46.3 Å². The lowest BCUT2D eigenvalue weighted by molar-refractivity contribution is 0.0993. The van der Waals surface area contributed by atoms with Crippen molar-refractivity contribution in [3.8, 4) is 0 Å². The summed E-state index contributed by atoms with van der Waals surface area (Å²) in [5.74, 6) is -0.259. The molecule has 2 N–H and O–H groups in total. The molecule has 0 atom stereocenters. The average molecular weight is 295 g/mol. The van der Waals surface area contributed by atoms with Gasteiger partial charge in [0.1, 0.15) is 0 Å². The summed E-state index contributed by atoms with van der Waals surface area (Å²) in [6.45, 7) is 0. The Kier molecular flexibility index (Phi) is 3.98. The molecule has 2 rings (SSSR count). The highest BCUT2D eigenvalue weighted by Gasteiger charge is 2.18. The predicted octanol–water partition coefficient (Wildman–Crippen LogP) is 3.85. The molecule has 2 aromatic carbocycles. The van der Waals surface area contributed by atoms with Crippen LogP contribution in [0.2, 0.25) is 10.0 Å². The Bertz CT molecular complexity index is 614. The molecule has 2 aromatic rings. The maximum atomic E-state index is 12.4. The number of anilines is 2. The molecule has 0 fully saturated rings. The monoisotopic (exact) mass is 294 g/mol. The van der Waals surface area contributed by atoms with Crippen molar-refractivity contribution >= 4 is 40.5 Å². The summed E-state index contributed by atoms with van der Waals surface area (Å²) in [5.41, 5.74) is 7.15. The number of para-hydroxylation sites is 1. The predicted molar refractivity (Wildman–Crippen MR) is 80.0 cm³/mol. The summed E-state index contributed by atoms with van der Waals surface area (Å²) in [5, 5.41) is 0.482. The lowest BCUT2D eigenvalue weighted by atomic mass is 10.1. The minimum absolute atomic E-state index is 0.212. The van der Waals surface area contributed by atoms with Gasteiger partial charge in [0, 0.05) is 18.4 Å². The zero-order valence-corrected chi connectivity index (χ0v) is 11.7. The van der Waals surface area contributed by atoms with Gasteiger partial charge in [-0.05, 0) is 24.3 Å². The number of carbonyl (C=O) groups excluding carboxylic acids is 1. The first kappa shape index (κ1) is 13.7. The maximum absolute atomic E-state index is 12.4.